The molecule has 0 saturated carbocycles. The average Bonchev–Trinajstić information content (AvgIpc) is 2.43. The van der Waals surface area contributed by atoms with E-state index >= 15 is 0 Å². The molecular weight excluding hydrogens is 316 g/mol. The molecule has 0 bridgehead atoms. The predicted octanol–water partition coefficient (Wildman–Crippen LogP) is 4.03. The third-order valence-electron chi connectivity index (χ3n) is 3.04. The Labute approximate surface area is 125 Å². The predicted molar refractivity (Wildman–Crippen MR) is 86.1 cm³/mol. The number of nitrogen functional groups attached to an aromatic ring is 1. The molecule has 20 heavy (non-hydrogen) atoms. The van der Waals surface area contributed by atoms with Crippen LogP contribution in [0.1, 0.15) is 5.56 Å². The number of benzene rings is 2. The number of hydrogen-bond donors (Lipinski definition) is 2. The summed E-state index contributed by atoms with van der Waals surface area (Å²) in [5.41, 5.74) is 8.71. The third kappa shape index (κ3) is 2.44. The summed E-state index contributed by atoms with van der Waals surface area (Å²) in [6.07, 6.45) is 0. The molecule has 0 amide bonds. The molecule has 0 saturated heterocycles. The van der Waals surface area contributed by atoms with Crippen LogP contribution in [0.15, 0.2) is 46.9 Å². The minimum Gasteiger partial charge on any atom is -0.368 e. The molecule has 0 aliphatic heterocycles. The third-order valence-corrected chi connectivity index (χ3v) is 3.93. The zero-order chi connectivity index (χ0) is 14.1. The first-order chi connectivity index (χ1) is 9.63. The second-order valence-electron chi connectivity index (χ2n) is 4.54. The molecule has 0 spiro atoms. The van der Waals surface area contributed by atoms with Gasteiger partial charge in [-0.1, -0.05) is 28.1 Å². The van der Waals surface area contributed by atoms with Crippen LogP contribution in [0.25, 0.3) is 10.9 Å². The van der Waals surface area contributed by atoms with Crippen LogP contribution >= 0.6 is 15.9 Å². The lowest BCUT2D eigenvalue weighted by molar-refractivity contribution is 1.23. The van der Waals surface area contributed by atoms with Crippen LogP contribution in [-0.4, -0.2) is 9.97 Å². The van der Waals surface area contributed by atoms with Crippen molar-refractivity contribution in [3.05, 3.63) is 52.5 Å². The Hall–Kier alpha value is -2.14. The number of hydrogen-bond acceptors (Lipinski definition) is 4. The summed E-state index contributed by atoms with van der Waals surface area (Å²) in [6.45, 7) is 2.04. The zero-order valence-corrected chi connectivity index (χ0v) is 12.5. The number of aryl methyl sites for hydroxylation is 1. The van der Waals surface area contributed by atoms with Crippen molar-refractivity contribution in [3.63, 3.8) is 0 Å². The summed E-state index contributed by atoms with van der Waals surface area (Å²) in [7, 11) is 0. The normalized spacial score (nSPS) is 10.7. The van der Waals surface area contributed by atoms with Crippen molar-refractivity contribution in [1.82, 2.24) is 9.97 Å². The topological polar surface area (TPSA) is 63.8 Å². The highest BCUT2D eigenvalue weighted by Gasteiger charge is 2.06. The van der Waals surface area contributed by atoms with Gasteiger partial charge in [-0.15, -0.1) is 0 Å². The fourth-order valence-corrected chi connectivity index (χ4v) is 2.30. The fourth-order valence-electron chi connectivity index (χ4n) is 2.05. The van der Waals surface area contributed by atoms with Gasteiger partial charge in [-0.3, -0.25) is 0 Å². The van der Waals surface area contributed by atoms with Gasteiger partial charge in [-0.2, -0.15) is 4.98 Å². The van der Waals surface area contributed by atoms with Crippen LogP contribution in [0, 0.1) is 6.92 Å². The Morgan fingerprint density at radius 1 is 1.10 bits per heavy atom. The summed E-state index contributed by atoms with van der Waals surface area (Å²) in [5.74, 6) is 0.981. The molecule has 0 aliphatic rings. The zero-order valence-electron chi connectivity index (χ0n) is 10.9. The number of nitrogens with one attached hydrogen (secondary N) is 1. The van der Waals surface area contributed by atoms with Crippen molar-refractivity contribution in [2.45, 2.75) is 6.92 Å². The molecule has 1 aromatic heterocycles. The minimum atomic E-state index is 0.264. The molecule has 2 aromatic carbocycles. The highest BCUT2D eigenvalue weighted by atomic mass is 79.9. The first-order valence-electron chi connectivity index (χ1n) is 6.19. The van der Waals surface area contributed by atoms with E-state index in [1.54, 1.807) is 0 Å². The maximum absolute atomic E-state index is 5.76. The first-order valence-corrected chi connectivity index (χ1v) is 6.98. The van der Waals surface area contributed by atoms with E-state index in [2.05, 4.69) is 37.3 Å². The summed E-state index contributed by atoms with van der Waals surface area (Å²) in [5, 5.41) is 4.25. The van der Waals surface area contributed by atoms with E-state index in [1.165, 1.54) is 0 Å². The SMILES string of the molecule is Cc1cc(Nc2nc(N)nc3ccccc23)ccc1Br. The molecule has 0 aliphatic carbocycles. The van der Waals surface area contributed by atoms with Crippen LogP contribution in [-0.2, 0) is 0 Å². The number of aromatic nitrogens is 2. The standard InChI is InChI=1S/C15H13BrN4/c1-9-8-10(6-7-12(9)16)18-14-11-4-2-3-5-13(11)19-15(17)20-14/h2-8H,1H3,(H3,17,18,19,20). The van der Waals surface area contributed by atoms with Crippen LogP contribution in [0.4, 0.5) is 17.5 Å². The number of para-hydroxylation sites is 1. The number of nitrogens with two attached hydrogens (primary N) is 1. The quantitative estimate of drug-likeness (QED) is 0.745. The Morgan fingerprint density at radius 2 is 1.90 bits per heavy atom. The second-order valence-corrected chi connectivity index (χ2v) is 5.39. The molecule has 3 aromatic rings. The van der Waals surface area contributed by atoms with Crippen molar-refractivity contribution in [3.8, 4) is 0 Å². The molecule has 0 fully saturated rings. The van der Waals surface area contributed by atoms with Gasteiger partial charge >= 0.3 is 0 Å². The second kappa shape index (κ2) is 5.09. The highest BCUT2D eigenvalue weighted by molar-refractivity contribution is 9.10. The maximum Gasteiger partial charge on any atom is 0.222 e. The van der Waals surface area contributed by atoms with Gasteiger partial charge in [0.2, 0.25) is 5.95 Å². The number of fused-ring (bicyclic) bond motifs is 1. The Morgan fingerprint density at radius 3 is 2.70 bits per heavy atom. The molecule has 100 valence electrons. The van der Waals surface area contributed by atoms with Gasteiger partial charge in [-0.25, -0.2) is 4.98 Å². The van der Waals surface area contributed by atoms with E-state index in [9.17, 15) is 0 Å². The van der Waals surface area contributed by atoms with Gasteiger partial charge < -0.3 is 11.1 Å². The highest BCUT2D eigenvalue weighted by Crippen LogP contribution is 2.26. The van der Waals surface area contributed by atoms with E-state index in [1.807, 2.05) is 43.3 Å². The molecule has 0 radical (unpaired) electrons. The average molecular weight is 329 g/mol. The van der Waals surface area contributed by atoms with E-state index in [-0.39, 0.29) is 5.95 Å². The van der Waals surface area contributed by atoms with E-state index < -0.39 is 0 Å². The fraction of sp³-hybridized carbons (Fsp3) is 0.0667. The Balaban J connectivity index is 2.07. The Kier molecular flexibility index (Phi) is 3.28. The van der Waals surface area contributed by atoms with Gasteiger partial charge in [0.15, 0.2) is 0 Å². The summed E-state index contributed by atoms with van der Waals surface area (Å²) < 4.78 is 1.08. The van der Waals surface area contributed by atoms with Crippen molar-refractivity contribution < 1.29 is 0 Å². The molecule has 3 rings (SSSR count). The van der Waals surface area contributed by atoms with E-state index in [0.717, 1.165) is 32.4 Å². The molecule has 0 unspecified atom stereocenters. The van der Waals surface area contributed by atoms with Crippen molar-refractivity contribution >= 4 is 44.3 Å². The molecule has 3 N–H and O–H groups in total. The number of nitrogens with zero attached hydrogens (tertiary/aromatic N) is 2. The lowest BCUT2D eigenvalue weighted by Crippen LogP contribution is -2.01. The lowest BCUT2D eigenvalue weighted by atomic mass is 10.2. The van der Waals surface area contributed by atoms with Gasteiger partial charge in [-0.05, 0) is 42.8 Å². The Bertz CT molecular complexity index is 786. The molecule has 1 heterocycles. The van der Waals surface area contributed by atoms with Gasteiger partial charge in [0, 0.05) is 15.5 Å². The van der Waals surface area contributed by atoms with Crippen molar-refractivity contribution in [2.75, 3.05) is 11.1 Å². The van der Waals surface area contributed by atoms with Gasteiger partial charge in [0.1, 0.15) is 5.82 Å². The van der Waals surface area contributed by atoms with Crippen LogP contribution in [0.5, 0.6) is 0 Å². The van der Waals surface area contributed by atoms with Crippen LogP contribution < -0.4 is 11.1 Å². The number of anilines is 3. The smallest absolute Gasteiger partial charge is 0.222 e. The summed E-state index contributed by atoms with van der Waals surface area (Å²) in [4.78, 5) is 8.52. The monoisotopic (exact) mass is 328 g/mol. The van der Waals surface area contributed by atoms with Gasteiger partial charge in [0.25, 0.3) is 0 Å². The summed E-state index contributed by atoms with van der Waals surface area (Å²) >= 11 is 3.49. The van der Waals surface area contributed by atoms with E-state index in [0.29, 0.717) is 0 Å². The lowest BCUT2D eigenvalue weighted by Gasteiger charge is -2.10. The maximum atomic E-state index is 5.76. The van der Waals surface area contributed by atoms with Crippen molar-refractivity contribution in [1.29, 1.82) is 0 Å². The molecule has 0 atom stereocenters. The number of halogens is 1. The van der Waals surface area contributed by atoms with Crippen LogP contribution in [0.2, 0.25) is 0 Å². The van der Waals surface area contributed by atoms with Crippen molar-refractivity contribution in [2.24, 2.45) is 0 Å². The number of rotatable bonds is 2. The minimum absolute atomic E-state index is 0.264. The van der Waals surface area contributed by atoms with Crippen LogP contribution in [0.3, 0.4) is 0 Å². The first kappa shape index (κ1) is 12.9. The largest absolute Gasteiger partial charge is 0.368 e. The molecule has 4 nitrogen and oxygen atoms in total. The molecular formula is C15H13BrN4. The molecule has 5 heteroatoms. The van der Waals surface area contributed by atoms with E-state index in [4.69, 9.17) is 5.73 Å². The van der Waals surface area contributed by atoms with Gasteiger partial charge in [0.05, 0.1) is 5.52 Å². The summed E-state index contributed by atoms with van der Waals surface area (Å²) in [6, 6.07) is 13.8.